The summed E-state index contributed by atoms with van der Waals surface area (Å²) < 4.78 is 0. The molecule has 0 radical (unpaired) electrons. The van der Waals surface area contributed by atoms with Crippen molar-refractivity contribution in [3.05, 3.63) is 72.4 Å². The van der Waals surface area contributed by atoms with Crippen LogP contribution < -0.4 is 10.2 Å². The van der Waals surface area contributed by atoms with Gasteiger partial charge in [0, 0.05) is 30.4 Å². The van der Waals surface area contributed by atoms with Gasteiger partial charge < -0.3 is 10.2 Å². The van der Waals surface area contributed by atoms with Crippen molar-refractivity contribution < 1.29 is 4.79 Å². The van der Waals surface area contributed by atoms with Crippen molar-refractivity contribution in [2.24, 2.45) is 0 Å². The molecule has 0 unspecified atom stereocenters. The summed E-state index contributed by atoms with van der Waals surface area (Å²) in [7, 11) is 0. The van der Waals surface area contributed by atoms with Crippen LogP contribution in [0.5, 0.6) is 0 Å². The van der Waals surface area contributed by atoms with Crippen molar-refractivity contribution in [2.45, 2.75) is 6.42 Å². The Hall–Kier alpha value is -3.21. The number of carbonyl (C=O) groups excluding carboxylic acids is 1. The Kier molecular flexibility index (Phi) is 3.67. The lowest BCUT2D eigenvalue weighted by Gasteiger charge is -2.29. The summed E-state index contributed by atoms with van der Waals surface area (Å²) in [6, 6.07) is 19.3. The van der Waals surface area contributed by atoms with Gasteiger partial charge >= 0.3 is 0 Å². The van der Waals surface area contributed by atoms with Gasteiger partial charge in [0.25, 0.3) is 0 Å². The van der Waals surface area contributed by atoms with Crippen LogP contribution in [0.1, 0.15) is 16.8 Å². The zero-order chi connectivity index (χ0) is 16.4. The summed E-state index contributed by atoms with van der Waals surface area (Å²) in [5, 5.41) is 3.20. The normalized spacial score (nSPS) is 13.5. The summed E-state index contributed by atoms with van der Waals surface area (Å²) in [5.74, 6) is 1.50. The van der Waals surface area contributed by atoms with Gasteiger partial charge in [-0.15, -0.1) is 0 Å². The average molecular weight is 316 g/mol. The van der Waals surface area contributed by atoms with E-state index in [0.717, 1.165) is 22.8 Å². The van der Waals surface area contributed by atoms with Crippen LogP contribution in [-0.2, 0) is 0 Å². The standard InChI is InChI=1S/C19H16N4O/c24-17-11-13-23(16-9-5-4-8-15(16)17)18-10-12-20-19(22-18)21-14-6-2-1-3-7-14/h1-10,12H,11,13H2,(H,20,21,22). The Morgan fingerprint density at radius 2 is 1.75 bits per heavy atom. The monoisotopic (exact) mass is 316 g/mol. The molecular weight excluding hydrogens is 300 g/mol. The van der Waals surface area contributed by atoms with Crippen molar-refractivity contribution in [2.75, 3.05) is 16.8 Å². The average Bonchev–Trinajstić information content (AvgIpc) is 2.63. The van der Waals surface area contributed by atoms with Crippen LogP contribution in [-0.4, -0.2) is 22.3 Å². The number of anilines is 4. The van der Waals surface area contributed by atoms with Crippen molar-refractivity contribution >= 4 is 28.9 Å². The Bertz CT molecular complexity index is 879. The molecule has 0 fully saturated rings. The highest BCUT2D eigenvalue weighted by atomic mass is 16.1. The smallest absolute Gasteiger partial charge is 0.229 e. The fraction of sp³-hybridized carbons (Fsp3) is 0.105. The molecule has 3 aromatic rings. The zero-order valence-corrected chi connectivity index (χ0v) is 13.0. The van der Waals surface area contributed by atoms with Crippen molar-refractivity contribution in [1.29, 1.82) is 0 Å². The molecule has 4 rings (SSSR count). The molecule has 0 bridgehead atoms. The van der Waals surface area contributed by atoms with Gasteiger partial charge in [0.2, 0.25) is 5.95 Å². The van der Waals surface area contributed by atoms with Crippen LogP contribution in [0.2, 0.25) is 0 Å². The topological polar surface area (TPSA) is 58.1 Å². The van der Waals surface area contributed by atoms with Crippen LogP contribution >= 0.6 is 0 Å². The molecule has 0 saturated heterocycles. The number of carbonyl (C=O) groups is 1. The van der Waals surface area contributed by atoms with E-state index in [4.69, 9.17) is 0 Å². The second-order valence-corrected chi connectivity index (χ2v) is 5.57. The number of benzene rings is 2. The molecule has 5 heteroatoms. The number of nitrogens with one attached hydrogen (secondary N) is 1. The van der Waals surface area contributed by atoms with E-state index in [-0.39, 0.29) is 5.78 Å². The first-order valence-corrected chi connectivity index (χ1v) is 7.86. The lowest BCUT2D eigenvalue weighted by molar-refractivity contribution is 0.0981. The van der Waals surface area contributed by atoms with E-state index in [1.807, 2.05) is 60.7 Å². The summed E-state index contributed by atoms with van der Waals surface area (Å²) in [6.45, 7) is 0.623. The van der Waals surface area contributed by atoms with Crippen LogP contribution in [0, 0.1) is 0 Å². The van der Waals surface area contributed by atoms with Gasteiger partial charge in [0.1, 0.15) is 5.82 Å². The van der Waals surface area contributed by atoms with Gasteiger partial charge in [-0.05, 0) is 30.3 Å². The van der Waals surface area contributed by atoms with Gasteiger partial charge in [-0.1, -0.05) is 30.3 Å². The minimum absolute atomic E-state index is 0.179. The van der Waals surface area contributed by atoms with Crippen LogP contribution in [0.3, 0.4) is 0 Å². The van der Waals surface area contributed by atoms with Gasteiger partial charge in [0.15, 0.2) is 5.78 Å². The van der Waals surface area contributed by atoms with E-state index in [2.05, 4.69) is 20.2 Å². The van der Waals surface area contributed by atoms with Gasteiger partial charge in [0.05, 0.1) is 5.69 Å². The first-order chi connectivity index (χ1) is 11.8. The fourth-order valence-corrected chi connectivity index (χ4v) is 2.86. The fourth-order valence-electron chi connectivity index (χ4n) is 2.86. The van der Waals surface area contributed by atoms with Crippen LogP contribution in [0.4, 0.5) is 23.1 Å². The molecule has 2 heterocycles. The van der Waals surface area contributed by atoms with E-state index in [1.165, 1.54) is 0 Å². The predicted molar refractivity (Wildman–Crippen MR) is 94.2 cm³/mol. The number of fused-ring (bicyclic) bond motifs is 1. The molecule has 1 N–H and O–H groups in total. The van der Waals surface area contributed by atoms with Gasteiger partial charge in [-0.3, -0.25) is 4.79 Å². The maximum Gasteiger partial charge on any atom is 0.229 e. The number of rotatable bonds is 3. The van der Waals surface area contributed by atoms with E-state index in [1.54, 1.807) is 6.20 Å². The Labute approximate surface area is 140 Å². The number of para-hydroxylation sites is 2. The number of nitrogens with zero attached hydrogens (tertiary/aromatic N) is 3. The molecule has 1 aromatic heterocycles. The number of hydrogen-bond acceptors (Lipinski definition) is 5. The molecule has 24 heavy (non-hydrogen) atoms. The Morgan fingerprint density at radius 1 is 0.958 bits per heavy atom. The molecule has 0 atom stereocenters. The number of Topliss-reactive ketones (excluding diaryl/α,β-unsaturated/α-hetero) is 1. The summed E-state index contributed by atoms with van der Waals surface area (Å²) in [4.78, 5) is 23.1. The highest BCUT2D eigenvalue weighted by Crippen LogP contribution is 2.32. The summed E-state index contributed by atoms with van der Waals surface area (Å²) in [6.07, 6.45) is 2.22. The Balaban J connectivity index is 1.67. The molecule has 0 spiro atoms. The van der Waals surface area contributed by atoms with Gasteiger partial charge in [-0.25, -0.2) is 4.98 Å². The number of ketones is 1. The van der Waals surface area contributed by atoms with Crippen LogP contribution in [0.25, 0.3) is 0 Å². The van der Waals surface area contributed by atoms with E-state index in [0.29, 0.717) is 18.9 Å². The van der Waals surface area contributed by atoms with Crippen molar-refractivity contribution in [3.8, 4) is 0 Å². The Morgan fingerprint density at radius 3 is 2.62 bits per heavy atom. The van der Waals surface area contributed by atoms with E-state index >= 15 is 0 Å². The second-order valence-electron chi connectivity index (χ2n) is 5.57. The molecule has 0 aliphatic carbocycles. The summed E-state index contributed by atoms with van der Waals surface area (Å²) >= 11 is 0. The summed E-state index contributed by atoms with van der Waals surface area (Å²) in [5.41, 5.74) is 2.59. The van der Waals surface area contributed by atoms with Crippen molar-refractivity contribution in [3.63, 3.8) is 0 Å². The molecule has 1 aliphatic rings. The minimum atomic E-state index is 0.179. The highest BCUT2D eigenvalue weighted by molar-refractivity contribution is 6.04. The molecule has 0 saturated carbocycles. The molecule has 1 aliphatic heterocycles. The second kappa shape index (κ2) is 6.12. The maximum absolute atomic E-state index is 12.1. The first kappa shape index (κ1) is 14.4. The first-order valence-electron chi connectivity index (χ1n) is 7.86. The molecule has 2 aromatic carbocycles. The van der Waals surface area contributed by atoms with Gasteiger partial charge in [-0.2, -0.15) is 4.98 Å². The largest absolute Gasteiger partial charge is 0.325 e. The van der Waals surface area contributed by atoms with Crippen LogP contribution in [0.15, 0.2) is 66.9 Å². The SMILES string of the molecule is O=C1CCN(c2ccnc(Nc3ccccc3)n2)c2ccccc21. The van der Waals surface area contributed by atoms with E-state index in [9.17, 15) is 4.79 Å². The maximum atomic E-state index is 12.1. The van der Waals surface area contributed by atoms with E-state index < -0.39 is 0 Å². The minimum Gasteiger partial charge on any atom is -0.325 e. The molecular formula is C19H16N4O. The molecule has 118 valence electrons. The third-order valence-corrected chi connectivity index (χ3v) is 4.01. The molecule has 0 amide bonds. The number of hydrogen-bond donors (Lipinski definition) is 1. The van der Waals surface area contributed by atoms with Crippen molar-refractivity contribution in [1.82, 2.24) is 9.97 Å². The quantitative estimate of drug-likeness (QED) is 0.793. The number of aromatic nitrogens is 2. The molecule has 5 nitrogen and oxygen atoms in total. The zero-order valence-electron chi connectivity index (χ0n) is 13.0. The third-order valence-electron chi connectivity index (χ3n) is 4.01. The predicted octanol–water partition coefficient (Wildman–Crippen LogP) is 3.94. The lowest BCUT2D eigenvalue weighted by atomic mass is 10.0. The third kappa shape index (κ3) is 2.72. The highest BCUT2D eigenvalue weighted by Gasteiger charge is 2.24. The lowest BCUT2D eigenvalue weighted by Crippen LogP contribution is -2.28.